The molecular weight excluding hydrogens is 346 g/mol. The Morgan fingerprint density at radius 3 is 2.35 bits per heavy atom. The first-order chi connectivity index (χ1) is 12.4. The van der Waals surface area contributed by atoms with Crippen molar-refractivity contribution >= 4 is 34.5 Å². The number of hydrogen-bond donors (Lipinski definition) is 2. The molecule has 3 aromatic rings. The fourth-order valence-corrected chi connectivity index (χ4v) is 3.46. The van der Waals surface area contributed by atoms with Gasteiger partial charge in [-0.25, -0.2) is 4.98 Å². The molecule has 0 fully saturated rings. The highest BCUT2D eigenvalue weighted by molar-refractivity contribution is 7.15. The molecule has 1 aromatic heterocycles. The van der Waals surface area contributed by atoms with Gasteiger partial charge < -0.3 is 10.6 Å². The molecule has 3 rings (SSSR count). The van der Waals surface area contributed by atoms with Gasteiger partial charge in [0.1, 0.15) is 10.7 Å². The summed E-state index contributed by atoms with van der Waals surface area (Å²) < 4.78 is 0. The predicted molar refractivity (Wildman–Crippen MR) is 106 cm³/mol. The van der Waals surface area contributed by atoms with Crippen LogP contribution in [0.3, 0.4) is 0 Å². The van der Waals surface area contributed by atoms with Gasteiger partial charge in [0.15, 0.2) is 0 Å². The van der Waals surface area contributed by atoms with Crippen molar-refractivity contribution in [2.24, 2.45) is 0 Å². The van der Waals surface area contributed by atoms with E-state index in [9.17, 15) is 9.59 Å². The van der Waals surface area contributed by atoms with Crippen molar-refractivity contribution in [3.05, 3.63) is 64.7 Å². The van der Waals surface area contributed by atoms with Gasteiger partial charge in [-0.2, -0.15) is 0 Å². The van der Waals surface area contributed by atoms with E-state index in [4.69, 9.17) is 0 Å². The molecule has 0 bridgehead atoms. The first kappa shape index (κ1) is 17.8. The molecular formula is C20H19N3O2S. The number of aromatic nitrogens is 1. The van der Waals surface area contributed by atoms with Crippen molar-refractivity contribution in [1.29, 1.82) is 0 Å². The van der Waals surface area contributed by atoms with Gasteiger partial charge in [0, 0.05) is 28.7 Å². The van der Waals surface area contributed by atoms with Gasteiger partial charge in [0.05, 0.1) is 0 Å². The number of thiazole rings is 1. The minimum atomic E-state index is -0.217. The second kappa shape index (κ2) is 7.49. The van der Waals surface area contributed by atoms with Crippen molar-refractivity contribution in [2.45, 2.75) is 20.8 Å². The Morgan fingerprint density at radius 1 is 0.962 bits per heavy atom. The number of hydrogen-bond acceptors (Lipinski definition) is 4. The van der Waals surface area contributed by atoms with Crippen molar-refractivity contribution in [3.63, 3.8) is 0 Å². The Hall–Kier alpha value is -2.99. The molecule has 0 aliphatic heterocycles. The summed E-state index contributed by atoms with van der Waals surface area (Å²) in [6.45, 7) is 5.34. The number of rotatable bonds is 4. The molecule has 0 saturated heterocycles. The smallest absolute Gasteiger partial charge is 0.275 e. The van der Waals surface area contributed by atoms with Crippen LogP contribution in [0.5, 0.6) is 0 Å². The van der Waals surface area contributed by atoms with Crippen LogP contribution < -0.4 is 10.6 Å². The first-order valence-electron chi connectivity index (χ1n) is 8.16. The number of carbonyl (C=O) groups excluding carboxylic acids is 2. The number of nitrogens with zero attached hydrogens (tertiary/aromatic N) is 1. The zero-order valence-corrected chi connectivity index (χ0v) is 15.6. The highest BCUT2D eigenvalue weighted by atomic mass is 32.1. The molecule has 0 aliphatic carbocycles. The van der Waals surface area contributed by atoms with Gasteiger partial charge in [0.25, 0.3) is 5.91 Å². The molecule has 26 heavy (non-hydrogen) atoms. The summed E-state index contributed by atoms with van der Waals surface area (Å²) in [5.41, 5.74) is 3.90. The number of carbonyl (C=O) groups is 2. The van der Waals surface area contributed by atoms with Gasteiger partial charge in [-0.1, -0.05) is 12.1 Å². The molecule has 2 aromatic carbocycles. The second-order valence-electron chi connectivity index (χ2n) is 6.01. The monoisotopic (exact) mass is 365 g/mol. The largest absolute Gasteiger partial charge is 0.326 e. The number of benzene rings is 2. The van der Waals surface area contributed by atoms with E-state index >= 15 is 0 Å². The van der Waals surface area contributed by atoms with E-state index in [1.165, 1.54) is 18.3 Å². The quantitative estimate of drug-likeness (QED) is 0.708. The molecule has 1 heterocycles. The van der Waals surface area contributed by atoms with Crippen LogP contribution in [0.25, 0.3) is 10.6 Å². The van der Waals surface area contributed by atoms with E-state index < -0.39 is 0 Å². The number of aryl methyl sites for hydroxylation is 2. The maximum Gasteiger partial charge on any atom is 0.275 e. The molecule has 2 amide bonds. The van der Waals surface area contributed by atoms with Crippen LogP contribution in [0.15, 0.2) is 48.5 Å². The highest BCUT2D eigenvalue weighted by Crippen LogP contribution is 2.29. The van der Waals surface area contributed by atoms with Gasteiger partial charge in [-0.3, -0.25) is 9.59 Å². The van der Waals surface area contributed by atoms with Crippen LogP contribution in [0.1, 0.15) is 27.9 Å². The maximum atomic E-state index is 12.6. The summed E-state index contributed by atoms with van der Waals surface area (Å²) in [7, 11) is 0. The molecule has 0 unspecified atom stereocenters. The molecule has 0 radical (unpaired) electrons. The van der Waals surface area contributed by atoms with Crippen LogP contribution >= 0.6 is 11.3 Å². The lowest BCUT2D eigenvalue weighted by atomic mass is 10.2. The lowest BCUT2D eigenvalue weighted by molar-refractivity contribution is -0.114. The van der Waals surface area contributed by atoms with Crippen LogP contribution in [0, 0.1) is 13.8 Å². The Bertz CT molecular complexity index is 961. The third-order valence-corrected chi connectivity index (χ3v) is 4.76. The standard InChI is InChI=1S/C20H19N3O2S/c1-12-5-4-6-17(11-12)22-19(25)18-13(2)26-20(23-18)15-7-9-16(10-8-15)21-14(3)24/h4-11H,1-3H3,(H,21,24)(H,22,25). The van der Waals surface area contributed by atoms with E-state index in [1.807, 2.05) is 62.4 Å². The molecule has 0 aliphatic rings. The van der Waals surface area contributed by atoms with Gasteiger partial charge in [-0.05, 0) is 55.8 Å². The SMILES string of the molecule is CC(=O)Nc1ccc(-c2nc(C(=O)Nc3cccc(C)c3)c(C)s2)cc1. The molecule has 0 atom stereocenters. The number of amides is 2. The Labute approximate surface area is 156 Å². The summed E-state index contributed by atoms with van der Waals surface area (Å²) >= 11 is 1.47. The Balaban J connectivity index is 1.80. The normalized spacial score (nSPS) is 10.4. The van der Waals surface area contributed by atoms with Crippen molar-refractivity contribution in [3.8, 4) is 10.6 Å². The molecule has 2 N–H and O–H groups in total. The maximum absolute atomic E-state index is 12.6. The van der Waals surface area contributed by atoms with E-state index in [-0.39, 0.29) is 11.8 Å². The average molecular weight is 365 g/mol. The lowest BCUT2D eigenvalue weighted by Crippen LogP contribution is -2.13. The average Bonchev–Trinajstić information content (AvgIpc) is 2.97. The summed E-state index contributed by atoms with van der Waals surface area (Å²) in [5, 5.41) is 6.39. The van der Waals surface area contributed by atoms with E-state index in [0.717, 1.165) is 32.4 Å². The van der Waals surface area contributed by atoms with Gasteiger partial charge in [0.2, 0.25) is 5.91 Å². The fraction of sp³-hybridized carbons (Fsp3) is 0.150. The van der Waals surface area contributed by atoms with E-state index in [2.05, 4.69) is 15.6 Å². The predicted octanol–water partition coefficient (Wildman–Crippen LogP) is 4.64. The lowest BCUT2D eigenvalue weighted by Gasteiger charge is -2.04. The van der Waals surface area contributed by atoms with Crippen LogP contribution in [-0.2, 0) is 4.79 Å². The van der Waals surface area contributed by atoms with Gasteiger partial charge >= 0.3 is 0 Å². The summed E-state index contributed by atoms with van der Waals surface area (Å²) in [6.07, 6.45) is 0. The molecule has 6 heteroatoms. The summed E-state index contributed by atoms with van der Waals surface area (Å²) in [5.74, 6) is -0.330. The number of anilines is 2. The van der Waals surface area contributed by atoms with Crippen molar-refractivity contribution in [2.75, 3.05) is 10.6 Å². The van der Waals surface area contributed by atoms with Crippen LogP contribution in [0.2, 0.25) is 0 Å². The third kappa shape index (κ3) is 4.15. The number of nitrogens with one attached hydrogen (secondary N) is 2. The minimum absolute atomic E-state index is 0.113. The molecule has 0 saturated carbocycles. The summed E-state index contributed by atoms with van der Waals surface area (Å²) in [6, 6.07) is 15.1. The molecule has 5 nitrogen and oxygen atoms in total. The molecule has 132 valence electrons. The van der Waals surface area contributed by atoms with Gasteiger partial charge in [-0.15, -0.1) is 11.3 Å². The third-order valence-electron chi connectivity index (χ3n) is 3.74. The second-order valence-corrected chi connectivity index (χ2v) is 7.21. The Morgan fingerprint density at radius 2 is 1.69 bits per heavy atom. The summed E-state index contributed by atoms with van der Waals surface area (Å²) in [4.78, 5) is 29.0. The van der Waals surface area contributed by atoms with E-state index in [0.29, 0.717) is 5.69 Å². The first-order valence-corrected chi connectivity index (χ1v) is 8.97. The Kier molecular flexibility index (Phi) is 5.14. The van der Waals surface area contributed by atoms with Crippen molar-refractivity contribution < 1.29 is 9.59 Å². The fourth-order valence-electron chi connectivity index (χ4n) is 2.54. The van der Waals surface area contributed by atoms with Crippen molar-refractivity contribution in [1.82, 2.24) is 4.98 Å². The topological polar surface area (TPSA) is 71.1 Å². The zero-order chi connectivity index (χ0) is 18.7. The van der Waals surface area contributed by atoms with Crippen LogP contribution in [0.4, 0.5) is 11.4 Å². The molecule has 0 spiro atoms. The van der Waals surface area contributed by atoms with E-state index in [1.54, 1.807) is 0 Å². The highest BCUT2D eigenvalue weighted by Gasteiger charge is 2.16. The zero-order valence-electron chi connectivity index (χ0n) is 14.8. The minimum Gasteiger partial charge on any atom is -0.326 e. The van der Waals surface area contributed by atoms with Crippen LogP contribution in [-0.4, -0.2) is 16.8 Å².